The zero-order chi connectivity index (χ0) is 23.7. The lowest BCUT2D eigenvalue weighted by atomic mass is 9.78. The van der Waals surface area contributed by atoms with E-state index < -0.39 is 0 Å². The molecule has 0 unspecified atom stereocenters. The molecule has 2 aliphatic rings. The van der Waals surface area contributed by atoms with E-state index in [9.17, 15) is 4.79 Å². The van der Waals surface area contributed by atoms with E-state index in [0.717, 1.165) is 71.7 Å². The third-order valence-electron chi connectivity index (χ3n) is 7.04. The van der Waals surface area contributed by atoms with Gasteiger partial charge >= 0.3 is 0 Å². The summed E-state index contributed by atoms with van der Waals surface area (Å²) in [6.07, 6.45) is 4.99. The standard InChI is InChI=1S/C27H30N4OS2/c1-19-15-20(2)17-21(16-19)29-26(33)30-12-8-27(9-13-30)10-14-31(18-27)25(32)24-7-6-23(34-24)22-5-3-4-11-28-22/h3-7,11,15-17H,8-10,12-14,18H2,1-2H3,(H,29,33). The molecule has 176 valence electrons. The van der Waals surface area contributed by atoms with Crippen molar-refractivity contribution in [1.29, 1.82) is 0 Å². The minimum Gasteiger partial charge on any atom is -0.349 e. The maximum Gasteiger partial charge on any atom is 0.263 e. The van der Waals surface area contributed by atoms with Crippen LogP contribution < -0.4 is 5.32 Å². The van der Waals surface area contributed by atoms with E-state index in [2.05, 4.69) is 52.1 Å². The number of pyridine rings is 1. The van der Waals surface area contributed by atoms with E-state index in [0.29, 0.717) is 0 Å². The Morgan fingerprint density at radius 3 is 2.38 bits per heavy atom. The lowest BCUT2D eigenvalue weighted by Gasteiger charge is -2.40. The first-order chi connectivity index (χ1) is 16.4. The number of hydrogen-bond donors (Lipinski definition) is 1. The number of carbonyl (C=O) groups excluding carboxylic acids is 1. The van der Waals surface area contributed by atoms with Crippen LogP contribution in [0.5, 0.6) is 0 Å². The number of nitrogens with one attached hydrogen (secondary N) is 1. The van der Waals surface area contributed by atoms with Crippen LogP contribution in [0.25, 0.3) is 10.6 Å². The van der Waals surface area contributed by atoms with Crippen LogP contribution in [0.2, 0.25) is 0 Å². The third-order valence-corrected chi connectivity index (χ3v) is 8.50. The molecule has 0 saturated carbocycles. The number of amides is 1. The van der Waals surface area contributed by atoms with Crippen molar-refractivity contribution in [2.24, 2.45) is 5.41 Å². The van der Waals surface area contributed by atoms with Gasteiger partial charge in [0.15, 0.2) is 5.11 Å². The summed E-state index contributed by atoms with van der Waals surface area (Å²) in [4.78, 5) is 23.8. The number of nitrogens with zero attached hydrogens (tertiary/aromatic N) is 3. The van der Waals surface area contributed by atoms with E-state index in [1.54, 1.807) is 6.20 Å². The van der Waals surface area contributed by atoms with Gasteiger partial charge in [-0.3, -0.25) is 9.78 Å². The van der Waals surface area contributed by atoms with Gasteiger partial charge in [0.2, 0.25) is 0 Å². The van der Waals surface area contributed by atoms with E-state index in [1.807, 2.05) is 30.3 Å². The minimum absolute atomic E-state index is 0.151. The number of thiophene rings is 1. The average Bonchev–Trinajstić information content (AvgIpc) is 3.47. The summed E-state index contributed by atoms with van der Waals surface area (Å²) < 4.78 is 0. The van der Waals surface area contributed by atoms with Crippen LogP contribution in [0.15, 0.2) is 54.7 Å². The van der Waals surface area contributed by atoms with Crippen molar-refractivity contribution in [3.63, 3.8) is 0 Å². The van der Waals surface area contributed by atoms with Gasteiger partial charge in [-0.1, -0.05) is 12.1 Å². The molecule has 2 aromatic heterocycles. The largest absolute Gasteiger partial charge is 0.349 e. The van der Waals surface area contributed by atoms with Gasteiger partial charge in [0, 0.05) is 38.1 Å². The molecule has 0 aliphatic carbocycles. The highest BCUT2D eigenvalue weighted by Gasteiger charge is 2.42. The quantitative estimate of drug-likeness (QED) is 0.474. The summed E-state index contributed by atoms with van der Waals surface area (Å²) in [6, 6.07) is 16.3. The van der Waals surface area contributed by atoms with E-state index in [4.69, 9.17) is 12.2 Å². The molecule has 7 heteroatoms. The number of thiocarbonyl (C=S) groups is 1. The lowest BCUT2D eigenvalue weighted by Crippen LogP contribution is -2.46. The molecule has 0 bridgehead atoms. The Kier molecular flexibility index (Phi) is 6.40. The molecule has 3 aromatic rings. The predicted molar refractivity (Wildman–Crippen MR) is 143 cm³/mol. The topological polar surface area (TPSA) is 48.5 Å². The van der Waals surface area contributed by atoms with Crippen LogP contribution in [0.4, 0.5) is 5.69 Å². The Hall–Kier alpha value is -2.77. The fourth-order valence-corrected chi connectivity index (χ4v) is 6.46. The number of rotatable bonds is 3. The summed E-state index contributed by atoms with van der Waals surface area (Å²) in [7, 11) is 0. The number of carbonyl (C=O) groups is 1. The van der Waals surface area contributed by atoms with Crippen molar-refractivity contribution in [2.75, 3.05) is 31.5 Å². The van der Waals surface area contributed by atoms with Gasteiger partial charge in [0.1, 0.15) is 0 Å². The van der Waals surface area contributed by atoms with Crippen molar-refractivity contribution >= 4 is 40.3 Å². The highest BCUT2D eigenvalue weighted by Crippen LogP contribution is 2.41. The van der Waals surface area contributed by atoms with E-state index >= 15 is 0 Å². The molecule has 1 N–H and O–H groups in total. The first-order valence-corrected chi connectivity index (χ1v) is 13.1. The molecule has 2 fully saturated rings. The van der Waals surface area contributed by atoms with Crippen molar-refractivity contribution < 1.29 is 4.79 Å². The summed E-state index contributed by atoms with van der Waals surface area (Å²) in [5.41, 5.74) is 4.65. The molecule has 5 rings (SSSR count). The number of piperidine rings is 1. The van der Waals surface area contributed by atoms with Gasteiger partial charge < -0.3 is 15.1 Å². The molecule has 1 amide bonds. The lowest BCUT2D eigenvalue weighted by molar-refractivity contribution is 0.0754. The Morgan fingerprint density at radius 1 is 1.00 bits per heavy atom. The van der Waals surface area contributed by atoms with Gasteiger partial charge in [-0.2, -0.15) is 0 Å². The van der Waals surface area contributed by atoms with Crippen molar-refractivity contribution in [3.05, 3.63) is 70.7 Å². The second kappa shape index (κ2) is 9.47. The second-order valence-electron chi connectivity index (χ2n) is 9.65. The van der Waals surface area contributed by atoms with Crippen LogP contribution in [-0.4, -0.2) is 52.0 Å². The molecule has 2 aliphatic heterocycles. The highest BCUT2D eigenvalue weighted by atomic mass is 32.1. The second-order valence-corrected chi connectivity index (χ2v) is 11.1. The monoisotopic (exact) mass is 490 g/mol. The molecule has 5 nitrogen and oxygen atoms in total. The number of benzene rings is 1. The zero-order valence-electron chi connectivity index (χ0n) is 19.7. The molecule has 2 saturated heterocycles. The number of likely N-dealkylation sites (tertiary alicyclic amines) is 2. The van der Waals surface area contributed by atoms with Crippen LogP contribution in [0.3, 0.4) is 0 Å². The third kappa shape index (κ3) is 4.86. The summed E-state index contributed by atoms with van der Waals surface area (Å²) in [5.74, 6) is 0.151. The van der Waals surface area contributed by atoms with Gasteiger partial charge in [-0.25, -0.2) is 0 Å². The smallest absolute Gasteiger partial charge is 0.263 e. The Morgan fingerprint density at radius 2 is 1.71 bits per heavy atom. The first-order valence-electron chi connectivity index (χ1n) is 11.9. The molecule has 1 spiro atoms. The molecule has 1 aromatic carbocycles. The summed E-state index contributed by atoms with van der Waals surface area (Å²) in [5, 5.41) is 4.22. The Bertz CT molecular complexity index is 1180. The number of aryl methyl sites for hydroxylation is 2. The number of aromatic nitrogens is 1. The minimum atomic E-state index is 0.151. The average molecular weight is 491 g/mol. The van der Waals surface area contributed by atoms with Crippen LogP contribution in [0.1, 0.15) is 40.1 Å². The normalized spacial score (nSPS) is 17.2. The highest BCUT2D eigenvalue weighted by molar-refractivity contribution is 7.80. The van der Waals surface area contributed by atoms with Crippen molar-refractivity contribution in [3.8, 4) is 10.6 Å². The maximum absolute atomic E-state index is 13.2. The molecule has 4 heterocycles. The number of hydrogen-bond acceptors (Lipinski definition) is 4. The molecule has 34 heavy (non-hydrogen) atoms. The zero-order valence-corrected chi connectivity index (χ0v) is 21.3. The van der Waals surface area contributed by atoms with E-state index in [-0.39, 0.29) is 11.3 Å². The molecular formula is C27H30N4OS2. The molecule has 0 radical (unpaired) electrons. The fraction of sp³-hybridized carbons (Fsp3) is 0.370. The summed E-state index contributed by atoms with van der Waals surface area (Å²) >= 11 is 7.26. The summed E-state index contributed by atoms with van der Waals surface area (Å²) in [6.45, 7) is 7.75. The Balaban J connectivity index is 1.17. The SMILES string of the molecule is Cc1cc(C)cc(NC(=S)N2CCC3(CCN(C(=O)c4ccc(-c5ccccn5)s4)C3)CC2)c1. The fourth-order valence-electron chi connectivity index (χ4n) is 5.20. The van der Waals surface area contributed by atoms with Crippen molar-refractivity contribution in [1.82, 2.24) is 14.8 Å². The van der Waals surface area contributed by atoms with Crippen molar-refractivity contribution in [2.45, 2.75) is 33.1 Å². The number of anilines is 1. The van der Waals surface area contributed by atoms with Gasteiger partial charge in [0.25, 0.3) is 5.91 Å². The van der Waals surface area contributed by atoms with Gasteiger partial charge in [-0.05, 0) is 98.3 Å². The van der Waals surface area contributed by atoms with Crippen LogP contribution >= 0.6 is 23.6 Å². The first kappa shape index (κ1) is 23.0. The predicted octanol–water partition coefficient (Wildman–Crippen LogP) is 5.75. The van der Waals surface area contributed by atoms with Crippen LogP contribution in [-0.2, 0) is 0 Å². The maximum atomic E-state index is 13.2. The van der Waals surface area contributed by atoms with Gasteiger partial charge in [0.05, 0.1) is 15.4 Å². The van der Waals surface area contributed by atoms with Gasteiger partial charge in [-0.15, -0.1) is 11.3 Å². The van der Waals surface area contributed by atoms with E-state index in [1.165, 1.54) is 22.5 Å². The molecule has 0 atom stereocenters. The Labute approximate surface area is 210 Å². The molecular weight excluding hydrogens is 460 g/mol. The van der Waals surface area contributed by atoms with Crippen LogP contribution in [0, 0.1) is 19.3 Å².